The molecule has 0 saturated carbocycles. The normalized spacial score (nSPS) is 17.6. The van der Waals surface area contributed by atoms with Crippen LogP contribution in [0.5, 0.6) is 0 Å². The van der Waals surface area contributed by atoms with E-state index in [1.165, 1.54) is 0 Å². The lowest BCUT2D eigenvalue weighted by atomic mass is 10.5. The van der Waals surface area contributed by atoms with Gasteiger partial charge in [0.1, 0.15) is 6.10 Å². The van der Waals surface area contributed by atoms with Crippen molar-refractivity contribution >= 4 is 0 Å². The van der Waals surface area contributed by atoms with Crippen molar-refractivity contribution in [3.63, 3.8) is 0 Å². The van der Waals surface area contributed by atoms with Crippen molar-refractivity contribution < 1.29 is 28.4 Å². The molecule has 0 aromatic heterocycles. The van der Waals surface area contributed by atoms with Crippen molar-refractivity contribution in [1.29, 1.82) is 0 Å². The summed E-state index contributed by atoms with van der Waals surface area (Å²) in [6.45, 7) is 9.25. The van der Waals surface area contributed by atoms with Crippen LogP contribution in [0.3, 0.4) is 0 Å². The van der Waals surface area contributed by atoms with E-state index in [1.54, 1.807) is 0 Å². The van der Waals surface area contributed by atoms with E-state index in [0.29, 0.717) is 65.6 Å². The van der Waals surface area contributed by atoms with Crippen LogP contribution in [-0.4, -0.2) is 78.8 Å². The Kier molecular flexibility index (Phi) is 12.2. The molecule has 0 bridgehead atoms. The average Bonchev–Trinajstić information content (AvgIpc) is 3.27. The summed E-state index contributed by atoms with van der Waals surface area (Å²) >= 11 is 0. The van der Waals surface area contributed by atoms with Crippen molar-refractivity contribution in [3.8, 4) is 0 Å². The molecule has 1 heterocycles. The zero-order valence-electron chi connectivity index (χ0n) is 12.5. The Balaban J connectivity index is 1.60. The van der Waals surface area contributed by atoms with Gasteiger partial charge in [0.05, 0.1) is 66.1 Å². The first-order chi connectivity index (χ1) is 9.93. The second-order valence-electron chi connectivity index (χ2n) is 4.48. The summed E-state index contributed by atoms with van der Waals surface area (Å²) in [4.78, 5) is 0. The minimum Gasteiger partial charge on any atom is -0.379 e. The van der Waals surface area contributed by atoms with Crippen LogP contribution in [-0.2, 0) is 28.4 Å². The SMILES string of the molecule is CCCOCCOCCOCCOCCOCC1CO1. The third-order valence-electron chi connectivity index (χ3n) is 2.54. The molecular formula is C14H28O6. The fourth-order valence-electron chi connectivity index (χ4n) is 1.40. The molecule has 1 rings (SSSR count). The zero-order chi connectivity index (χ0) is 14.3. The molecular weight excluding hydrogens is 264 g/mol. The van der Waals surface area contributed by atoms with E-state index in [1.807, 2.05) is 0 Å². The van der Waals surface area contributed by atoms with Crippen molar-refractivity contribution in [2.24, 2.45) is 0 Å². The maximum absolute atomic E-state index is 5.36. The molecule has 6 nitrogen and oxygen atoms in total. The highest BCUT2D eigenvalue weighted by Gasteiger charge is 2.21. The fraction of sp³-hybridized carbons (Fsp3) is 1.00. The van der Waals surface area contributed by atoms with E-state index >= 15 is 0 Å². The van der Waals surface area contributed by atoms with E-state index in [2.05, 4.69) is 6.92 Å². The molecule has 1 atom stereocenters. The third-order valence-corrected chi connectivity index (χ3v) is 2.54. The Morgan fingerprint density at radius 2 is 1.10 bits per heavy atom. The quantitative estimate of drug-likeness (QED) is 0.311. The number of epoxide rings is 1. The summed E-state index contributed by atoms with van der Waals surface area (Å²) in [5.74, 6) is 0. The van der Waals surface area contributed by atoms with Gasteiger partial charge >= 0.3 is 0 Å². The largest absolute Gasteiger partial charge is 0.379 e. The highest BCUT2D eigenvalue weighted by molar-refractivity contribution is 4.66. The van der Waals surface area contributed by atoms with Gasteiger partial charge in [-0.2, -0.15) is 0 Å². The molecule has 1 saturated heterocycles. The predicted octanol–water partition coefficient (Wildman–Crippen LogP) is 0.878. The Labute approximate surface area is 121 Å². The van der Waals surface area contributed by atoms with Gasteiger partial charge in [-0.05, 0) is 6.42 Å². The van der Waals surface area contributed by atoms with Gasteiger partial charge in [-0.25, -0.2) is 0 Å². The van der Waals surface area contributed by atoms with Gasteiger partial charge in [0.25, 0.3) is 0 Å². The van der Waals surface area contributed by atoms with Crippen LogP contribution in [0.2, 0.25) is 0 Å². The molecule has 1 unspecified atom stereocenters. The monoisotopic (exact) mass is 292 g/mol. The van der Waals surface area contributed by atoms with Gasteiger partial charge in [0.2, 0.25) is 0 Å². The average molecular weight is 292 g/mol. The van der Waals surface area contributed by atoms with Crippen LogP contribution in [0, 0.1) is 0 Å². The number of ether oxygens (including phenoxy) is 6. The highest BCUT2D eigenvalue weighted by Crippen LogP contribution is 2.07. The molecule has 0 spiro atoms. The van der Waals surface area contributed by atoms with E-state index in [-0.39, 0.29) is 0 Å². The van der Waals surface area contributed by atoms with Gasteiger partial charge in [-0.3, -0.25) is 0 Å². The molecule has 0 aromatic carbocycles. The van der Waals surface area contributed by atoms with E-state index in [4.69, 9.17) is 28.4 Å². The van der Waals surface area contributed by atoms with Gasteiger partial charge in [-0.15, -0.1) is 0 Å². The molecule has 6 heteroatoms. The number of hydrogen-bond donors (Lipinski definition) is 0. The van der Waals surface area contributed by atoms with Gasteiger partial charge in [-0.1, -0.05) is 6.92 Å². The van der Waals surface area contributed by atoms with Crippen LogP contribution >= 0.6 is 0 Å². The smallest absolute Gasteiger partial charge is 0.104 e. The first-order valence-corrected chi connectivity index (χ1v) is 7.43. The van der Waals surface area contributed by atoms with Crippen molar-refractivity contribution in [2.75, 3.05) is 72.7 Å². The predicted molar refractivity (Wildman–Crippen MR) is 74.1 cm³/mol. The summed E-state index contributed by atoms with van der Waals surface area (Å²) in [6.07, 6.45) is 1.37. The first-order valence-electron chi connectivity index (χ1n) is 7.43. The topological polar surface area (TPSA) is 58.7 Å². The lowest BCUT2D eigenvalue weighted by Crippen LogP contribution is -2.13. The molecule has 120 valence electrons. The van der Waals surface area contributed by atoms with Crippen LogP contribution in [0.1, 0.15) is 13.3 Å². The lowest BCUT2D eigenvalue weighted by molar-refractivity contribution is -0.0118. The summed E-state index contributed by atoms with van der Waals surface area (Å²) in [5, 5.41) is 0. The molecule has 0 N–H and O–H groups in total. The van der Waals surface area contributed by atoms with Crippen LogP contribution in [0.15, 0.2) is 0 Å². The van der Waals surface area contributed by atoms with Crippen LogP contribution in [0.4, 0.5) is 0 Å². The maximum Gasteiger partial charge on any atom is 0.104 e. The zero-order valence-corrected chi connectivity index (χ0v) is 12.5. The number of rotatable bonds is 16. The molecule has 20 heavy (non-hydrogen) atoms. The minimum atomic E-state index is 0.325. The molecule has 1 fully saturated rings. The fourth-order valence-corrected chi connectivity index (χ4v) is 1.40. The second kappa shape index (κ2) is 13.7. The third kappa shape index (κ3) is 12.8. The Morgan fingerprint density at radius 1 is 0.700 bits per heavy atom. The first kappa shape index (κ1) is 17.8. The van der Waals surface area contributed by atoms with Crippen molar-refractivity contribution in [2.45, 2.75) is 19.4 Å². The van der Waals surface area contributed by atoms with Crippen molar-refractivity contribution in [1.82, 2.24) is 0 Å². The lowest BCUT2D eigenvalue weighted by Gasteiger charge is -2.07. The van der Waals surface area contributed by atoms with Crippen molar-refractivity contribution in [3.05, 3.63) is 0 Å². The minimum absolute atomic E-state index is 0.325. The van der Waals surface area contributed by atoms with Gasteiger partial charge < -0.3 is 28.4 Å². The molecule has 0 aliphatic carbocycles. The Morgan fingerprint density at radius 3 is 1.50 bits per heavy atom. The van der Waals surface area contributed by atoms with Gasteiger partial charge in [0, 0.05) is 6.61 Å². The second-order valence-corrected chi connectivity index (χ2v) is 4.48. The Hall–Kier alpha value is -0.240. The van der Waals surface area contributed by atoms with E-state index in [9.17, 15) is 0 Å². The number of hydrogen-bond acceptors (Lipinski definition) is 6. The molecule has 0 amide bonds. The molecule has 0 radical (unpaired) electrons. The molecule has 1 aliphatic heterocycles. The van der Waals surface area contributed by atoms with Gasteiger partial charge in [0.15, 0.2) is 0 Å². The molecule has 1 aliphatic rings. The molecule has 0 aromatic rings. The van der Waals surface area contributed by atoms with Crippen LogP contribution in [0.25, 0.3) is 0 Å². The maximum atomic E-state index is 5.36. The summed E-state index contributed by atoms with van der Waals surface area (Å²) in [5.41, 5.74) is 0. The Bertz CT molecular complexity index is 198. The summed E-state index contributed by atoms with van der Waals surface area (Å²) in [7, 11) is 0. The van der Waals surface area contributed by atoms with E-state index in [0.717, 1.165) is 19.6 Å². The summed E-state index contributed by atoms with van der Waals surface area (Å²) in [6, 6.07) is 0. The standard InChI is InChI=1S/C14H28O6/c1-2-3-15-4-5-16-6-7-17-8-9-18-10-11-19-12-14-13-20-14/h14H,2-13H2,1H3. The highest BCUT2D eigenvalue weighted by atomic mass is 16.6. The van der Waals surface area contributed by atoms with E-state index < -0.39 is 0 Å². The van der Waals surface area contributed by atoms with Crippen LogP contribution < -0.4 is 0 Å². The summed E-state index contributed by atoms with van der Waals surface area (Å²) < 4.78 is 31.7.